The summed E-state index contributed by atoms with van der Waals surface area (Å²) in [6.07, 6.45) is 1.49. The van der Waals surface area contributed by atoms with Crippen molar-refractivity contribution >= 4 is 5.88 Å². The Bertz CT molecular complexity index is 825. The third kappa shape index (κ3) is 2.76. The highest BCUT2D eigenvalue weighted by Gasteiger charge is 2.09. The van der Waals surface area contributed by atoms with E-state index in [2.05, 4.69) is 27.4 Å². The van der Waals surface area contributed by atoms with Crippen LogP contribution in [0.3, 0.4) is 0 Å². The number of hydrogen-bond acceptors (Lipinski definition) is 6. The van der Waals surface area contributed by atoms with Gasteiger partial charge in [-0.1, -0.05) is 5.92 Å². The first kappa shape index (κ1) is 12.6. The summed E-state index contributed by atoms with van der Waals surface area (Å²) in [5, 5.41) is 21.4. The van der Waals surface area contributed by atoms with E-state index in [0.717, 1.165) is 11.3 Å². The lowest BCUT2D eigenvalue weighted by molar-refractivity contribution is -0.402. The largest absolute Gasteiger partial charge is 0.434 e. The van der Waals surface area contributed by atoms with Crippen molar-refractivity contribution in [2.45, 2.75) is 0 Å². The van der Waals surface area contributed by atoms with Crippen LogP contribution in [-0.2, 0) is 0 Å². The summed E-state index contributed by atoms with van der Waals surface area (Å²) in [6, 6.07) is 9.93. The molecule has 0 saturated carbocycles. The Labute approximate surface area is 118 Å². The summed E-state index contributed by atoms with van der Waals surface area (Å²) < 4.78 is 6.47. The van der Waals surface area contributed by atoms with Crippen molar-refractivity contribution in [2.75, 3.05) is 0 Å². The highest BCUT2D eigenvalue weighted by Crippen LogP contribution is 2.14. The molecular formula is C13H7N5O3. The maximum absolute atomic E-state index is 10.5. The van der Waals surface area contributed by atoms with Crippen molar-refractivity contribution in [2.24, 2.45) is 0 Å². The molecule has 21 heavy (non-hydrogen) atoms. The van der Waals surface area contributed by atoms with Crippen LogP contribution in [0.25, 0.3) is 5.69 Å². The molecule has 2 aromatic heterocycles. The van der Waals surface area contributed by atoms with E-state index >= 15 is 0 Å². The fourth-order valence-corrected chi connectivity index (χ4v) is 1.60. The molecule has 0 spiro atoms. The molecule has 102 valence electrons. The van der Waals surface area contributed by atoms with Crippen molar-refractivity contribution in [3.05, 3.63) is 64.2 Å². The molecule has 0 unspecified atom stereocenters. The third-order valence-electron chi connectivity index (χ3n) is 2.58. The van der Waals surface area contributed by atoms with Crippen LogP contribution in [-0.4, -0.2) is 25.1 Å². The molecule has 0 atom stereocenters. The van der Waals surface area contributed by atoms with E-state index in [1.54, 1.807) is 12.1 Å². The van der Waals surface area contributed by atoms with Crippen molar-refractivity contribution in [3.8, 4) is 17.5 Å². The summed E-state index contributed by atoms with van der Waals surface area (Å²) in [7, 11) is 0. The first-order valence-corrected chi connectivity index (χ1v) is 5.82. The second kappa shape index (κ2) is 5.26. The zero-order chi connectivity index (χ0) is 14.7. The van der Waals surface area contributed by atoms with Gasteiger partial charge in [-0.15, -0.1) is 5.10 Å². The molecule has 8 heteroatoms. The topological polar surface area (TPSA) is 99.9 Å². The quantitative estimate of drug-likeness (QED) is 0.401. The Morgan fingerprint density at radius 2 is 1.95 bits per heavy atom. The SMILES string of the molecule is O=[N+]([O-])c1ccc(C#Cc2ccc(-n3cnnn3)cc2)o1. The predicted molar refractivity (Wildman–Crippen MR) is 70.5 cm³/mol. The molecule has 2 heterocycles. The van der Waals surface area contributed by atoms with Gasteiger partial charge in [-0.2, -0.15) is 0 Å². The molecule has 0 saturated heterocycles. The minimum atomic E-state index is -0.605. The number of nitro groups is 1. The van der Waals surface area contributed by atoms with Crippen LogP contribution in [0.5, 0.6) is 0 Å². The molecule has 1 aromatic carbocycles. The van der Waals surface area contributed by atoms with E-state index in [0.29, 0.717) is 0 Å². The van der Waals surface area contributed by atoms with E-state index in [1.807, 2.05) is 12.1 Å². The third-order valence-corrected chi connectivity index (χ3v) is 2.58. The van der Waals surface area contributed by atoms with Crippen molar-refractivity contribution in [3.63, 3.8) is 0 Å². The number of hydrogen-bond donors (Lipinski definition) is 0. The molecule has 0 aliphatic heterocycles. The number of nitrogens with zero attached hydrogens (tertiary/aromatic N) is 5. The summed E-state index contributed by atoms with van der Waals surface area (Å²) in [6.45, 7) is 0. The van der Waals surface area contributed by atoms with E-state index < -0.39 is 4.92 Å². The molecule has 0 aliphatic rings. The van der Waals surface area contributed by atoms with Gasteiger partial charge in [0.1, 0.15) is 11.3 Å². The lowest BCUT2D eigenvalue weighted by Crippen LogP contribution is -1.94. The second-order valence-corrected chi connectivity index (χ2v) is 3.95. The first-order valence-electron chi connectivity index (χ1n) is 5.82. The molecule has 0 bridgehead atoms. The minimum Gasteiger partial charge on any atom is -0.392 e. The average Bonchev–Trinajstić information content (AvgIpc) is 3.17. The number of benzene rings is 1. The standard InChI is InChI=1S/C13H7N5O3/c19-18(20)13-8-7-12(21-13)6-3-10-1-4-11(5-2-10)17-9-14-15-16-17/h1-2,4-5,7-9H. The van der Waals surface area contributed by atoms with Crippen LogP contribution < -0.4 is 0 Å². The Hall–Kier alpha value is -3.47. The molecule has 8 nitrogen and oxygen atoms in total. The van der Waals surface area contributed by atoms with Gasteiger partial charge >= 0.3 is 5.88 Å². The summed E-state index contributed by atoms with van der Waals surface area (Å²) in [5.74, 6) is 5.50. The lowest BCUT2D eigenvalue weighted by Gasteiger charge is -1.97. The summed E-state index contributed by atoms with van der Waals surface area (Å²) >= 11 is 0. The molecule has 3 rings (SSSR count). The zero-order valence-corrected chi connectivity index (χ0v) is 10.5. The molecule has 0 fully saturated rings. The number of aromatic nitrogens is 4. The van der Waals surface area contributed by atoms with Gasteiger partial charge in [-0.25, -0.2) is 4.68 Å². The van der Waals surface area contributed by atoms with Gasteiger partial charge in [0.15, 0.2) is 5.76 Å². The molecule has 0 N–H and O–H groups in total. The van der Waals surface area contributed by atoms with E-state index in [-0.39, 0.29) is 11.6 Å². The maximum Gasteiger partial charge on any atom is 0.434 e. The number of rotatable bonds is 2. The zero-order valence-electron chi connectivity index (χ0n) is 10.5. The Kier molecular flexibility index (Phi) is 3.15. The van der Waals surface area contributed by atoms with Crippen LogP contribution in [0.1, 0.15) is 11.3 Å². The Balaban J connectivity index is 1.79. The minimum absolute atomic E-state index is 0.242. The normalized spacial score (nSPS) is 9.90. The molecule has 0 amide bonds. The molecule has 0 aliphatic carbocycles. The van der Waals surface area contributed by atoms with Gasteiger partial charge in [0.2, 0.25) is 0 Å². The second-order valence-electron chi connectivity index (χ2n) is 3.95. The maximum atomic E-state index is 10.5. The molecule has 3 aromatic rings. The molecule has 0 radical (unpaired) electrons. The molecular weight excluding hydrogens is 274 g/mol. The Morgan fingerprint density at radius 3 is 2.57 bits per heavy atom. The summed E-state index contributed by atoms with van der Waals surface area (Å²) in [4.78, 5) is 9.88. The monoisotopic (exact) mass is 281 g/mol. The number of tetrazole rings is 1. The van der Waals surface area contributed by atoms with Crippen LogP contribution >= 0.6 is 0 Å². The first-order chi connectivity index (χ1) is 10.2. The van der Waals surface area contributed by atoms with Gasteiger partial charge in [-0.05, 0) is 40.6 Å². The number of furan rings is 1. The highest BCUT2D eigenvalue weighted by molar-refractivity contribution is 5.44. The van der Waals surface area contributed by atoms with E-state index in [1.165, 1.54) is 23.1 Å². The van der Waals surface area contributed by atoms with Gasteiger partial charge in [0.05, 0.1) is 11.8 Å². The fraction of sp³-hybridized carbons (Fsp3) is 0. The lowest BCUT2D eigenvalue weighted by atomic mass is 10.2. The van der Waals surface area contributed by atoms with Crippen molar-refractivity contribution in [1.29, 1.82) is 0 Å². The van der Waals surface area contributed by atoms with E-state index in [9.17, 15) is 10.1 Å². The van der Waals surface area contributed by atoms with Crippen LogP contribution in [0.2, 0.25) is 0 Å². The van der Waals surface area contributed by atoms with Crippen molar-refractivity contribution in [1.82, 2.24) is 20.2 Å². The smallest absolute Gasteiger partial charge is 0.392 e. The van der Waals surface area contributed by atoms with Gasteiger partial charge in [-0.3, -0.25) is 10.1 Å². The average molecular weight is 281 g/mol. The summed E-state index contributed by atoms with van der Waals surface area (Å²) in [5.41, 5.74) is 1.55. The van der Waals surface area contributed by atoms with Gasteiger partial charge in [0, 0.05) is 11.6 Å². The van der Waals surface area contributed by atoms with Crippen molar-refractivity contribution < 1.29 is 9.34 Å². The van der Waals surface area contributed by atoms with E-state index in [4.69, 9.17) is 4.42 Å². The predicted octanol–water partition coefficient (Wildman–Crippen LogP) is 1.56. The fourth-order valence-electron chi connectivity index (χ4n) is 1.60. The van der Waals surface area contributed by atoms with Gasteiger partial charge in [0.25, 0.3) is 0 Å². The van der Waals surface area contributed by atoms with Crippen LogP contribution in [0.4, 0.5) is 5.88 Å². The van der Waals surface area contributed by atoms with Crippen LogP contribution in [0.15, 0.2) is 47.1 Å². The Morgan fingerprint density at radius 1 is 1.14 bits per heavy atom. The van der Waals surface area contributed by atoms with Crippen LogP contribution in [0, 0.1) is 22.0 Å². The highest BCUT2D eigenvalue weighted by atomic mass is 16.6. The van der Waals surface area contributed by atoms with Gasteiger partial charge < -0.3 is 4.42 Å².